The van der Waals surface area contributed by atoms with Gasteiger partial charge in [-0.1, -0.05) is 12.1 Å². The van der Waals surface area contributed by atoms with Crippen LogP contribution >= 0.6 is 0 Å². The van der Waals surface area contributed by atoms with Crippen molar-refractivity contribution in [3.05, 3.63) is 29.8 Å². The van der Waals surface area contributed by atoms with E-state index in [1.165, 1.54) is 7.11 Å². The summed E-state index contributed by atoms with van der Waals surface area (Å²) in [6.07, 6.45) is 0. The summed E-state index contributed by atoms with van der Waals surface area (Å²) < 4.78 is 25.2. The molecule has 0 saturated carbocycles. The highest BCUT2D eigenvalue weighted by Crippen LogP contribution is 2.46. The number of hydrogen-bond acceptors (Lipinski definition) is 10. The van der Waals surface area contributed by atoms with Gasteiger partial charge < -0.3 is 23.7 Å². The summed E-state index contributed by atoms with van der Waals surface area (Å²) in [5.41, 5.74) is -1.79. The largest absolute Gasteiger partial charge is 0.497 e. The van der Waals surface area contributed by atoms with E-state index in [4.69, 9.17) is 23.7 Å². The Balaban J connectivity index is 2.74. The smallest absolute Gasteiger partial charge is 0.339 e. The molecule has 1 fully saturated rings. The number of carbonyl (C=O) groups is 4. The van der Waals surface area contributed by atoms with E-state index in [0.717, 1.165) is 14.2 Å². The van der Waals surface area contributed by atoms with Gasteiger partial charge in [-0.05, 0) is 31.5 Å². The van der Waals surface area contributed by atoms with Gasteiger partial charge in [0.2, 0.25) is 5.54 Å². The van der Waals surface area contributed by atoms with Crippen LogP contribution in [0, 0.1) is 11.8 Å². The van der Waals surface area contributed by atoms with Crippen molar-refractivity contribution in [3.63, 3.8) is 0 Å². The molecule has 0 bridgehead atoms. The zero-order chi connectivity index (χ0) is 23.2. The Hall–Kier alpha value is -3.14. The van der Waals surface area contributed by atoms with Crippen LogP contribution in [0.2, 0.25) is 0 Å². The number of methoxy groups -OCH3 is 3. The first-order valence-corrected chi connectivity index (χ1v) is 9.73. The van der Waals surface area contributed by atoms with E-state index in [-0.39, 0.29) is 13.2 Å². The molecule has 1 aromatic carbocycles. The van der Waals surface area contributed by atoms with Crippen molar-refractivity contribution in [1.82, 2.24) is 5.32 Å². The molecule has 1 aliphatic rings. The van der Waals surface area contributed by atoms with Crippen LogP contribution in [-0.4, -0.2) is 64.0 Å². The predicted molar refractivity (Wildman–Crippen MR) is 106 cm³/mol. The van der Waals surface area contributed by atoms with Crippen molar-refractivity contribution >= 4 is 23.9 Å². The lowest BCUT2D eigenvalue weighted by Crippen LogP contribution is -2.62. The fourth-order valence-corrected chi connectivity index (χ4v) is 3.79. The summed E-state index contributed by atoms with van der Waals surface area (Å²) in [6, 6.07) is 5.62. The number of benzene rings is 1. The second-order valence-corrected chi connectivity index (χ2v) is 6.69. The van der Waals surface area contributed by atoms with Gasteiger partial charge >= 0.3 is 23.9 Å². The molecule has 1 N–H and O–H groups in total. The maximum absolute atomic E-state index is 13.1. The Kier molecular flexibility index (Phi) is 7.98. The third-order valence-corrected chi connectivity index (χ3v) is 5.17. The first kappa shape index (κ1) is 24.1. The van der Waals surface area contributed by atoms with Crippen molar-refractivity contribution in [2.45, 2.75) is 25.4 Å². The third-order valence-electron chi connectivity index (χ3n) is 5.17. The van der Waals surface area contributed by atoms with Crippen LogP contribution in [0.3, 0.4) is 0 Å². The molecular weight excluding hydrogens is 410 g/mol. The van der Waals surface area contributed by atoms with Gasteiger partial charge in [0.15, 0.2) is 0 Å². The lowest BCUT2D eigenvalue weighted by atomic mass is 9.77. The van der Waals surface area contributed by atoms with Crippen LogP contribution in [0.1, 0.15) is 25.5 Å². The van der Waals surface area contributed by atoms with E-state index in [0.29, 0.717) is 11.3 Å². The minimum atomic E-state index is -2.30. The number of carbonyl (C=O) groups excluding carboxylic acids is 4. The quantitative estimate of drug-likeness (QED) is 0.354. The summed E-state index contributed by atoms with van der Waals surface area (Å²) in [5, 5.41) is 2.87. The zero-order valence-corrected chi connectivity index (χ0v) is 18.1. The second-order valence-electron chi connectivity index (χ2n) is 6.69. The standard InChI is InChI=1S/C21H27NO9/c1-6-30-19(25)21(20(26)31-7-2)15(18(24)29-5)14(17(23)28-4)16(22-21)12-8-10-13(27-3)11-9-12/h8-11,14-16,22H,6-7H2,1-5H3/t14-,15-,16-/m1/s1. The molecule has 10 heteroatoms. The van der Waals surface area contributed by atoms with Gasteiger partial charge in [-0.3, -0.25) is 14.9 Å². The Bertz CT molecular complexity index is 803. The Morgan fingerprint density at radius 1 is 0.871 bits per heavy atom. The molecule has 0 spiro atoms. The summed E-state index contributed by atoms with van der Waals surface area (Å²) in [7, 11) is 3.74. The summed E-state index contributed by atoms with van der Waals surface area (Å²) in [5.74, 6) is -6.17. The SMILES string of the molecule is CCOC(=O)C1(C(=O)OCC)N[C@H](c2ccc(OC)cc2)[C@H](C(=O)OC)[C@@H]1C(=O)OC. The molecule has 0 aliphatic carbocycles. The van der Waals surface area contributed by atoms with E-state index in [1.807, 2.05) is 0 Å². The van der Waals surface area contributed by atoms with Crippen molar-refractivity contribution in [3.8, 4) is 5.75 Å². The van der Waals surface area contributed by atoms with E-state index >= 15 is 0 Å². The number of esters is 4. The summed E-state index contributed by atoms with van der Waals surface area (Å²) in [6.45, 7) is 2.98. The van der Waals surface area contributed by atoms with Crippen molar-refractivity contribution in [2.24, 2.45) is 11.8 Å². The summed E-state index contributed by atoms with van der Waals surface area (Å²) >= 11 is 0. The molecule has 10 nitrogen and oxygen atoms in total. The first-order chi connectivity index (χ1) is 14.8. The van der Waals surface area contributed by atoms with E-state index in [9.17, 15) is 19.2 Å². The molecule has 31 heavy (non-hydrogen) atoms. The van der Waals surface area contributed by atoms with Gasteiger partial charge in [0.25, 0.3) is 0 Å². The lowest BCUT2D eigenvalue weighted by Gasteiger charge is -2.30. The Morgan fingerprint density at radius 3 is 1.81 bits per heavy atom. The molecule has 1 aliphatic heterocycles. The topological polar surface area (TPSA) is 126 Å². The van der Waals surface area contributed by atoms with Gasteiger partial charge in [-0.2, -0.15) is 0 Å². The van der Waals surface area contributed by atoms with Crippen molar-refractivity contribution < 1.29 is 42.9 Å². The molecule has 170 valence electrons. The molecule has 2 rings (SSSR count). The Morgan fingerprint density at radius 2 is 1.39 bits per heavy atom. The number of hydrogen-bond donors (Lipinski definition) is 1. The highest BCUT2D eigenvalue weighted by Gasteiger charge is 2.69. The van der Waals surface area contributed by atoms with E-state index in [2.05, 4.69) is 5.32 Å². The fraction of sp³-hybridized carbons (Fsp3) is 0.524. The molecular formula is C21H27NO9. The minimum Gasteiger partial charge on any atom is -0.497 e. The Labute approximate surface area is 180 Å². The number of rotatable bonds is 8. The molecule has 1 saturated heterocycles. The van der Waals surface area contributed by atoms with Crippen LogP contribution in [0.5, 0.6) is 5.75 Å². The van der Waals surface area contributed by atoms with Gasteiger partial charge in [0, 0.05) is 6.04 Å². The van der Waals surface area contributed by atoms with Crippen LogP contribution in [0.4, 0.5) is 0 Å². The lowest BCUT2D eigenvalue weighted by molar-refractivity contribution is -0.175. The molecule has 0 unspecified atom stereocenters. The molecule has 0 amide bonds. The molecule has 0 aromatic heterocycles. The average molecular weight is 437 g/mol. The molecule has 1 aromatic rings. The van der Waals surface area contributed by atoms with Crippen LogP contribution in [0.25, 0.3) is 0 Å². The first-order valence-electron chi connectivity index (χ1n) is 9.73. The summed E-state index contributed by atoms with van der Waals surface area (Å²) in [4.78, 5) is 51.8. The molecule has 0 radical (unpaired) electrons. The highest BCUT2D eigenvalue weighted by atomic mass is 16.6. The van der Waals surface area contributed by atoms with E-state index in [1.54, 1.807) is 38.1 Å². The minimum absolute atomic E-state index is 0.0638. The van der Waals surface area contributed by atoms with Crippen LogP contribution in [0.15, 0.2) is 24.3 Å². The van der Waals surface area contributed by atoms with Crippen molar-refractivity contribution in [1.29, 1.82) is 0 Å². The van der Waals surface area contributed by atoms with Crippen LogP contribution in [-0.2, 0) is 38.1 Å². The average Bonchev–Trinajstić information content (AvgIpc) is 3.15. The van der Waals surface area contributed by atoms with E-state index < -0.39 is 47.3 Å². The maximum Gasteiger partial charge on any atom is 0.339 e. The van der Waals surface area contributed by atoms with Gasteiger partial charge in [0.1, 0.15) is 11.7 Å². The normalized spacial score (nSPS) is 21.6. The monoisotopic (exact) mass is 437 g/mol. The number of ether oxygens (including phenoxy) is 5. The molecule has 3 atom stereocenters. The molecule has 1 heterocycles. The second kappa shape index (κ2) is 10.3. The third kappa shape index (κ3) is 4.34. The number of nitrogens with one attached hydrogen (secondary N) is 1. The zero-order valence-electron chi connectivity index (χ0n) is 18.1. The predicted octanol–water partition coefficient (Wildman–Crippen LogP) is 0.783. The van der Waals surface area contributed by atoms with Crippen molar-refractivity contribution in [2.75, 3.05) is 34.5 Å². The van der Waals surface area contributed by atoms with Crippen LogP contribution < -0.4 is 10.1 Å². The van der Waals surface area contributed by atoms with Gasteiger partial charge in [-0.15, -0.1) is 0 Å². The highest BCUT2D eigenvalue weighted by molar-refractivity contribution is 6.11. The fourth-order valence-electron chi connectivity index (χ4n) is 3.79. The van der Waals surface area contributed by atoms with Gasteiger partial charge in [0.05, 0.1) is 40.5 Å². The van der Waals surface area contributed by atoms with Gasteiger partial charge in [-0.25, -0.2) is 9.59 Å². The maximum atomic E-state index is 13.1.